The van der Waals surface area contributed by atoms with Crippen LogP contribution in [0, 0.1) is 6.92 Å². The summed E-state index contributed by atoms with van der Waals surface area (Å²) in [5, 5.41) is 5.91. The lowest BCUT2D eigenvalue weighted by Gasteiger charge is -2.10. The van der Waals surface area contributed by atoms with Gasteiger partial charge in [-0.15, -0.1) is 11.3 Å². The van der Waals surface area contributed by atoms with Crippen LogP contribution in [-0.4, -0.2) is 23.5 Å². The highest BCUT2D eigenvalue weighted by Crippen LogP contribution is 2.07. The highest BCUT2D eigenvalue weighted by Gasteiger charge is 2.11. The van der Waals surface area contributed by atoms with Gasteiger partial charge in [-0.2, -0.15) is 0 Å². The van der Waals surface area contributed by atoms with Crippen molar-refractivity contribution in [3.8, 4) is 0 Å². The van der Waals surface area contributed by atoms with Crippen LogP contribution in [0.1, 0.15) is 30.5 Å². The third-order valence-corrected chi connectivity index (χ3v) is 3.11. The average molecular weight is 241 g/mol. The minimum absolute atomic E-state index is 0.0613. The summed E-state index contributed by atoms with van der Waals surface area (Å²) in [5.74, 6) is -0.0613. The fourth-order valence-electron chi connectivity index (χ4n) is 1.41. The van der Waals surface area contributed by atoms with E-state index in [9.17, 15) is 4.79 Å². The maximum Gasteiger partial charge on any atom is 0.236 e. The predicted molar refractivity (Wildman–Crippen MR) is 66.4 cm³/mol. The summed E-state index contributed by atoms with van der Waals surface area (Å²) >= 11 is 1.63. The van der Waals surface area contributed by atoms with Crippen molar-refractivity contribution in [2.75, 3.05) is 6.54 Å². The number of carbonyl (C=O) groups is 1. The Labute approximate surface area is 100 Å². The Morgan fingerprint density at radius 1 is 1.69 bits per heavy atom. The Morgan fingerprint density at radius 3 is 3.00 bits per heavy atom. The minimum atomic E-state index is -0.373. The molecule has 1 aromatic heterocycles. The average Bonchev–Trinajstić information content (AvgIpc) is 2.64. The van der Waals surface area contributed by atoms with E-state index in [0.717, 1.165) is 30.0 Å². The largest absolute Gasteiger partial charge is 0.354 e. The number of hydrogen-bond acceptors (Lipinski definition) is 4. The van der Waals surface area contributed by atoms with Crippen LogP contribution in [0.25, 0.3) is 0 Å². The van der Waals surface area contributed by atoms with Gasteiger partial charge in [0.05, 0.1) is 16.7 Å². The zero-order valence-corrected chi connectivity index (χ0v) is 10.6. The molecule has 1 amide bonds. The molecule has 0 spiro atoms. The molecule has 0 saturated heterocycles. The Balaban J connectivity index is 2.22. The monoisotopic (exact) mass is 241 g/mol. The molecule has 90 valence electrons. The standard InChI is InChI=1S/C11H19N3OS/c1-3-4-10(12)11(15)13-6-5-9-7-16-8(2)14-9/h7,10H,3-6,12H2,1-2H3,(H,13,15)/t10-/m0/s1. The Bertz CT molecular complexity index is 338. The second-order valence-corrected chi connectivity index (χ2v) is 4.86. The van der Waals surface area contributed by atoms with Crippen molar-refractivity contribution in [2.45, 2.75) is 39.2 Å². The first-order valence-electron chi connectivity index (χ1n) is 5.57. The van der Waals surface area contributed by atoms with Crippen LogP contribution in [0.15, 0.2) is 5.38 Å². The maximum absolute atomic E-state index is 11.5. The zero-order chi connectivity index (χ0) is 12.0. The molecule has 0 bridgehead atoms. The number of amides is 1. The van der Waals surface area contributed by atoms with Gasteiger partial charge < -0.3 is 11.1 Å². The highest BCUT2D eigenvalue weighted by molar-refractivity contribution is 7.09. The van der Waals surface area contributed by atoms with Crippen LogP contribution in [0.2, 0.25) is 0 Å². The first-order valence-corrected chi connectivity index (χ1v) is 6.45. The second kappa shape index (κ2) is 6.60. The van der Waals surface area contributed by atoms with Gasteiger partial charge in [0.2, 0.25) is 5.91 Å². The molecule has 0 aliphatic carbocycles. The van der Waals surface area contributed by atoms with Gasteiger partial charge >= 0.3 is 0 Å². The molecule has 5 heteroatoms. The summed E-state index contributed by atoms with van der Waals surface area (Å²) in [6.07, 6.45) is 2.44. The first kappa shape index (κ1) is 13.1. The highest BCUT2D eigenvalue weighted by atomic mass is 32.1. The number of nitrogens with zero attached hydrogens (tertiary/aromatic N) is 1. The van der Waals surface area contributed by atoms with Gasteiger partial charge in [-0.05, 0) is 13.3 Å². The van der Waals surface area contributed by atoms with Gasteiger partial charge in [-0.3, -0.25) is 4.79 Å². The van der Waals surface area contributed by atoms with E-state index in [1.165, 1.54) is 0 Å². The molecular weight excluding hydrogens is 222 g/mol. The van der Waals surface area contributed by atoms with Gasteiger partial charge in [0, 0.05) is 18.3 Å². The van der Waals surface area contributed by atoms with Crippen LogP contribution >= 0.6 is 11.3 Å². The number of nitrogens with two attached hydrogens (primary N) is 1. The summed E-state index contributed by atoms with van der Waals surface area (Å²) in [5.41, 5.74) is 6.72. The number of rotatable bonds is 6. The summed E-state index contributed by atoms with van der Waals surface area (Å²) in [4.78, 5) is 15.8. The zero-order valence-electron chi connectivity index (χ0n) is 9.82. The maximum atomic E-state index is 11.5. The molecular formula is C11H19N3OS. The number of nitrogens with one attached hydrogen (secondary N) is 1. The van der Waals surface area contributed by atoms with Crippen LogP contribution < -0.4 is 11.1 Å². The summed E-state index contributed by atoms with van der Waals surface area (Å²) in [6.45, 7) is 4.61. The van der Waals surface area contributed by atoms with Crippen molar-refractivity contribution < 1.29 is 4.79 Å². The second-order valence-electron chi connectivity index (χ2n) is 3.79. The molecule has 0 aromatic carbocycles. The fourth-order valence-corrected chi connectivity index (χ4v) is 2.06. The van der Waals surface area contributed by atoms with E-state index in [0.29, 0.717) is 6.54 Å². The van der Waals surface area contributed by atoms with Crippen LogP contribution in [0.5, 0.6) is 0 Å². The molecule has 1 atom stereocenters. The Kier molecular flexibility index (Phi) is 5.42. The van der Waals surface area contributed by atoms with E-state index >= 15 is 0 Å². The van der Waals surface area contributed by atoms with Crippen molar-refractivity contribution in [3.05, 3.63) is 16.1 Å². The molecule has 0 aliphatic rings. The van der Waals surface area contributed by atoms with Crippen molar-refractivity contribution in [2.24, 2.45) is 5.73 Å². The molecule has 0 fully saturated rings. The van der Waals surface area contributed by atoms with E-state index < -0.39 is 0 Å². The number of thiazole rings is 1. The van der Waals surface area contributed by atoms with Gasteiger partial charge in [-0.1, -0.05) is 13.3 Å². The lowest BCUT2D eigenvalue weighted by Crippen LogP contribution is -2.41. The smallest absolute Gasteiger partial charge is 0.236 e. The topological polar surface area (TPSA) is 68.0 Å². The normalized spacial score (nSPS) is 12.4. The molecule has 4 nitrogen and oxygen atoms in total. The van der Waals surface area contributed by atoms with Gasteiger partial charge in [0.25, 0.3) is 0 Å². The predicted octanol–water partition coefficient (Wildman–Crippen LogP) is 1.24. The Morgan fingerprint density at radius 2 is 2.44 bits per heavy atom. The summed E-state index contributed by atoms with van der Waals surface area (Å²) < 4.78 is 0. The van der Waals surface area contributed by atoms with Crippen molar-refractivity contribution in [3.63, 3.8) is 0 Å². The minimum Gasteiger partial charge on any atom is -0.354 e. The van der Waals surface area contributed by atoms with Gasteiger partial charge in [-0.25, -0.2) is 4.98 Å². The molecule has 1 aromatic rings. The summed E-state index contributed by atoms with van der Waals surface area (Å²) in [7, 11) is 0. The Hall–Kier alpha value is -0.940. The van der Waals surface area contributed by atoms with Crippen LogP contribution in [0.3, 0.4) is 0 Å². The van der Waals surface area contributed by atoms with E-state index in [-0.39, 0.29) is 11.9 Å². The lowest BCUT2D eigenvalue weighted by atomic mass is 10.1. The van der Waals surface area contributed by atoms with E-state index in [2.05, 4.69) is 10.3 Å². The lowest BCUT2D eigenvalue weighted by molar-refractivity contribution is -0.122. The summed E-state index contributed by atoms with van der Waals surface area (Å²) in [6, 6.07) is -0.373. The molecule has 0 unspecified atom stereocenters. The number of aromatic nitrogens is 1. The van der Waals surface area contributed by atoms with Crippen molar-refractivity contribution in [1.82, 2.24) is 10.3 Å². The molecule has 16 heavy (non-hydrogen) atoms. The van der Waals surface area contributed by atoms with Crippen LogP contribution in [0.4, 0.5) is 0 Å². The number of aryl methyl sites for hydroxylation is 1. The molecule has 1 heterocycles. The number of carbonyl (C=O) groups excluding carboxylic acids is 1. The SMILES string of the molecule is CCC[C@H](N)C(=O)NCCc1csc(C)n1. The molecule has 0 saturated carbocycles. The molecule has 1 rings (SSSR count). The molecule has 0 aliphatic heterocycles. The van der Waals surface area contributed by atoms with E-state index in [1.54, 1.807) is 11.3 Å². The van der Waals surface area contributed by atoms with Crippen molar-refractivity contribution in [1.29, 1.82) is 0 Å². The molecule has 3 N–H and O–H groups in total. The van der Waals surface area contributed by atoms with Gasteiger partial charge in [0.15, 0.2) is 0 Å². The van der Waals surface area contributed by atoms with Crippen LogP contribution in [-0.2, 0) is 11.2 Å². The molecule has 0 radical (unpaired) electrons. The number of hydrogen-bond donors (Lipinski definition) is 2. The van der Waals surface area contributed by atoms with Gasteiger partial charge in [0.1, 0.15) is 0 Å². The quantitative estimate of drug-likeness (QED) is 0.787. The van der Waals surface area contributed by atoms with E-state index in [4.69, 9.17) is 5.73 Å². The third-order valence-electron chi connectivity index (χ3n) is 2.28. The van der Waals surface area contributed by atoms with Crippen molar-refractivity contribution >= 4 is 17.2 Å². The third kappa shape index (κ3) is 4.28. The fraction of sp³-hybridized carbons (Fsp3) is 0.636. The van der Waals surface area contributed by atoms with E-state index in [1.807, 2.05) is 19.2 Å². The first-order chi connectivity index (χ1) is 7.63.